The number of nitrogens with zero attached hydrogens (tertiary/aromatic N) is 1. The van der Waals surface area contributed by atoms with Gasteiger partial charge in [-0.1, -0.05) is 30.3 Å². The molecule has 4 nitrogen and oxygen atoms in total. The number of aliphatic hydroxyl groups excluding tert-OH is 1. The molecule has 0 bridgehead atoms. The molecule has 2 aromatic carbocycles. The number of rotatable bonds is 2. The molecule has 130 valence electrons. The first kappa shape index (κ1) is 16.3. The number of hydrogen-bond donors (Lipinski definition) is 2. The monoisotopic (exact) mass is 336 g/mol. The van der Waals surface area contributed by atoms with Crippen LogP contribution >= 0.6 is 0 Å². The van der Waals surface area contributed by atoms with Crippen molar-refractivity contribution in [1.82, 2.24) is 10.2 Å². The van der Waals surface area contributed by atoms with Crippen molar-refractivity contribution in [2.24, 2.45) is 5.92 Å². The number of hydrogen-bond acceptors (Lipinski definition) is 3. The van der Waals surface area contributed by atoms with Crippen molar-refractivity contribution in [1.29, 1.82) is 0 Å². The summed E-state index contributed by atoms with van der Waals surface area (Å²) in [6, 6.07) is 14.1. The Bertz CT molecular complexity index is 815. The molecule has 1 saturated heterocycles. The molecule has 1 unspecified atom stereocenters. The zero-order chi connectivity index (χ0) is 17.6. The topological polar surface area (TPSA) is 52.6 Å². The molecule has 25 heavy (non-hydrogen) atoms. The van der Waals surface area contributed by atoms with E-state index in [2.05, 4.69) is 29.4 Å². The van der Waals surface area contributed by atoms with E-state index in [0.29, 0.717) is 11.8 Å². The number of fused-ring (bicyclic) bond motifs is 3. The maximum Gasteiger partial charge on any atom is 0.251 e. The highest BCUT2D eigenvalue weighted by Crippen LogP contribution is 2.37. The average molecular weight is 336 g/mol. The van der Waals surface area contributed by atoms with E-state index in [0.717, 1.165) is 41.9 Å². The molecule has 2 aromatic rings. The fourth-order valence-electron chi connectivity index (χ4n) is 4.20. The summed E-state index contributed by atoms with van der Waals surface area (Å²) in [7, 11) is 2.14. The van der Waals surface area contributed by atoms with E-state index in [1.165, 1.54) is 5.56 Å². The maximum atomic E-state index is 12.6. The number of carbonyl (C=O) groups is 1. The van der Waals surface area contributed by atoms with Gasteiger partial charge < -0.3 is 15.3 Å². The molecule has 4 heteroatoms. The van der Waals surface area contributed by atoms with Crippen molar-refractivity contribution in [2.45, 2.75) is 18.9 Å². The van der Waals surface area contributed by atoms with Gasteiger partial charge in [0.05, 0.1) is 6.10 Å². The molecule has 1 amide bonds. The van der Waals surface area contributed by atoms with Crippen LogP contribution in [-0.2, 0) is 0 Å². The molecule has 1 fully saturated rings. The highest BCUT2D eigenvalue weighted by Gasteiger charge is 2.36. The molecular weight excluding hydrogens is 312 g/mol. The first-order valence-electron chi connectivity index (χ1n) is 8.92. The molecule has 2 N–H and O–H groups in total. The third-order valence-corrected chi connectivity index (χ3v) is 5.55. The SMILES string of the molecule is CC(O)c1cccc(-c2ccc3c(c2)C(=O)NC[C@@H]2CN(C)C[C@@H]32)c1. The molecule has 2 aliphatic heterocycles. The lowest BCUT2D eigenvalue weighted by atomic mass is 9.86. The zero-order valence-electron chi connectivity index (χ0n) is 14.7. The Hall–Kier alpha value is -2.17. The Kier molecular flexibility index (Phi) is 4.10. The van der Waals surface area contributed by atoms with Crippen LogP contribution in [0.4, 0.5) is 0 Å². The Balaban J connectivity index is 1.77. The fraction of sp³-hybridized carbons (Fsp3) is 0.381. The summed E-state index contributed by atoms with van der Waals surface area (Å²) in [5.74, 6) is 0.928. The number of aliphatic hydroxyl groups is 1. The highest BCUT2D eigenvalue weighted by molar-refractivity contribution is 5.97. The normalized spacial score (nSPS) is 24.2. The van der Waals surface area contributed by atoms with E-state index >= 15 is 0 Å². The molecule has 2 heterocycles. The van der Waals surface area contributed by atoms with Crippen molar-refractivity contribution in [3.05, 3.63) is 59.2 Å². The first-order chi connectivity index (χ1) is 12.0. The summed E-state index contributed by atoms with van der Waals surface area (Å²) >= 11 is 0. The van der Waals surface area contributed by atoms with Gasteiger partial charge in [0.2, 0.25) is 0 Å². The van der Waals surface area contributed by atoms with E-state index in [1.54, 1.807) is 6.92 Å². The predicted octanol–water partition coefficient (Wildman–Crippen LogP) is 2.80. The van der Waals surface area contributed by atoms with Crippen LogP contribution in [0.1, 0.15) is 40.4 Å². The van der Waals surface area contributed by atoms with E-state index < -0.39 is 6.10 Å². The van der Waals surface area contributed by atoms with Crippen LogP contribution in [0, 0.1) is 5.92 Å². The number of nitrogens with one attached hydrogen (secondary N) is 1. The van der Waals surface area contributed by atoms with E-state index in [4.69, 9.17) is 0 Å². The first-order valence-corrected chi connectivity index (χ1v) is 8.92. The van der Waals surface area contributed by atoms with Crippen molar-refractivity contribution in [3.8, 4) is 11.1 Å². The number of carbonyl (C=O) groups excluding carboxylic acids is 1. The highest BCUT2D eigenvalue weighted by atomic mass is 16.3. The summed E-state index contributed by atoms with van der Waals surface area (Å²) < 4.78 is 0. The van der Waals surface area contributed by atoms with E-state index in [9.17, 15) is 9.90 Å². The van der Waals surface area contributed by atoms with Crippen molar-refractivity contribution in [2.75, 3.05) is 26.7 Å². The van der Waals surface area contributed by atoms with Crippen molar-refractivity contribution < 1.29 is 9.90 Å². The summed E-state index contributed by atoms with van der Waals surface area (Å²) in [5, 5.41) is 12.9. The molecule has 2 aliphatic rings. The van der Waals surface area contributed by atoms with Gasteiger partial charge in [0.25, 0.3) is 5.91 Å². The van der Waals surface area contributed by atoms with Crippen LogP contribution in [0.3, 0.4) is 0 Å². The van der Waals surface area contributed by atoms with E-state index in [-0.39, 0.29) is 5.91 Å². The Labute approximate surface area is 148 Å². The lowest BCUT2D eigenvalue weighted by molar-refractivity contribution is 0.0951. The van der Waals surface area contributed by atoms with Crippen molar-refractivity contribution in [3.63, 3.8) is 0 Å². The largest absolute Gasteiger partial charge is 0.389 e. The van der Waals surface area contributed by atoms with Crippen LogP contribution in [0.5, 0.6) is 0 Å². The van der Waals surface area contributed by atoms with Crippen LogP contribution < -0.4 is 5.32 Å². The third kappa shape index (κ3) is 2.96. The maximum absolute atomic E-state index is 12.6. The van der Waals surface area contributed by atoms with Crippen LogP contribution in [-0.4, -0.2) is 42.6 Å². The van der Waals surface area contributed by atoms with Gasteiger partial charge in [0.15, 0.2) is 0 Å². The number of amides is 1. The lowest BCUT2D eigenvalue weighted by Crippen LogP contribution is -2.29. The molecule has 0 spiro atoms. The van der Waals surface area contributed by atoms with Crippen LogP contribution in [0.25, 0.3) is 11.1 Å². The lowest BCUT2D eigenvalue weighted by Gasteiger charge is -2.17. The second-order valence-corrected chi connectivity index (χ2v) is 7.40. The minimum atomic E-state index is -0.501. The van der Waals surface area contributed by atoms with Crippen LogP contribution in [0.2, 0.25) is 0 Å². The van der Waals surface area contributed by atoms with Crippen LogP contribution in [0.15, 0.2) is 42.5 Å². The van der Waals surface area contributed by atoms with Gasteiger partial charge in [-0.15, -0.1) is 0 Å². The van der Waals surface area contributed by atoms with Crippen molar-refractivity contribution >= 4 is 5.91 Å². The molecule has 0 saturated carbocycles. The summed E-state index contributed by atoms with van der Waals surface area (Å²) in [6.45, 7) is 4.54. The fourth-order valence-corrected chi connectivity index (χ4v) is 4.20. The summed E-state index contributed by atoms with van der Waals surface area (Å²) in [5.41, 5.74) is 4.89. The minimum absolute atomic E-state index is 0.0283. The van der Waals surface area contributed by atoms with Gasteiger partial charge in [-0.25, -0.2) is 0 Å². The third-order valence-electron chi connectivity index (χ3n) is 5.55. The minimum Gasteiger partial charge on any atom is -0.389 e. The molecule has 0 aromatic heterocycles. The smallest absolute Gasteiger partial charge is 0.251 e. The number of likely N-dealkylation sites (N-methyl/N-ethyl adjacent to an activating group) is 1. The second kappa shape index (κ2) is 6.28. The molecular formula is C21H24N2O2. The quantitative estimate of drug-likeness (QED) is 0.887. The molecule has 0 radical (unpaired) electrons. The van der Waals surface area contributed by atoms with Gasteiger partial charge in [0.1, 0.15) is 0 Å². The molecule has 3 atom stereocenters. The Morgan fingerprint density at radius 1 is 1.16 bits per heavy atom. The van der Waals surface area contributed by atoms with Gasteiger partial charge in [-0.3, -0.25) is 4.79 Å². The Morgan fingerprint density at radius 2 is 1.96 bits per heavy atom. The zero-order valence-corrected chi connectivity index (χ0v) is 14.7. The summed E-state index contributed by atoms with van der Waals surface area (Å²) in [4.78, 5) is 15.0. The molecule has 0 aliphatic carbocycles. The van der Waals surface area contributed by atoms with Gasteiger partial charge in [-0.2, -0.15) is 0 Å². The predicted molar refractivity (Wildman–Crippen MR) is 98.6 cm³/mol. The second-order valence-electron chi connectivity index (χ2n) is 7.40. The standard InChI is InChI=1S/C21H24N2O2/c1-13(24)14-4-3-5-15(8-14)16-6-7-18-19(9-16)21(25)22-10-17-11-23(2)12-20(17)18/h3-9,13,17,20,24H,10-12H2,1-2H3,(H,22,25)/t13?,17-,20-/m1/s1. The summed E-state index contributed by atoms with van der Waals surface area (Å²) in [6.07, 6.45) is -0.501. The number of likely N-dealkylation sites (tertiary alicyclic amines) is 1. The van der Waals surface area contributed by atoms with Gasteiger partial charge >= 0.3 is 0 Å². The molecule has 4 rings (SSSR count). The van der Waals surface area contributed by atoms with E-state index in [1.807, 2.05) is 30.3 Å². The van der Waals surface area contributed by atoms with Gasteiger partial charge in [0, 0.05) is 31.1 Å². The Morgan fingerprint density at radius 3 is 2.76 bits per heavy atom. The number of benzene rings is 2. The van der Waals surface area contributed by atoms with Gasteiger partial charge in [-0.05, 0) is 54.3 Å². The average Bonchev–Trinajstić information content (AvgIpc) is 2.94.